The standard InChI is InChI=1S/C17H22O8/c1-17(23)5-6-9(14(21)16(17)22)13(20)10-7(18)4-8(24-2)12(19)11(10)15(6)25-3/h4,6,9,14-16,18-19,21-23H,5H2,1-3H3/t6-,9+,14-,15+,16+,17-/m0/s1. The molecule has 0 saturated heterocycles. The Bertz CT molecular complexity index is 713. The van der Waals surface area contributed by atoms with Gasteiger partial charge in [-0.1, -0.05) is 0 Å². The predicted octanol–water partition coefficient (Wildman–Crippen LogP) is 0.0991. The quantitative estimate of drug-likeness (QED) is 0.472. The molecule has 1 saturated carbocycles. The van der Waals surface area contributed by atoms with Crippen LogP contribution in [0, 0.1) is 11.8 Å². The topological polar surface area (TPSA) is 137 Å². The Hall–Kier alpha value is -1.87. The molecule has 138 valence electrons. The molecule has 0 radical (unpaired) electrons. The third-order valence-electron chi connectivity index (χ3n) is 5.42. The van der Waals surface area contributed by atoms with E-state index in [-0.39, 0.29) is 29.0 Å². The zero-order valence-electron chi connectivity index (χ0n) is 14.1. The SMILES string of the molecule is COc1cc(O)c2c(c1O)[C@H](OC)[C@H]1C[C@](C)(O)[C@H](O)[C@@H](O)[C@H]1C2=O. The van der Waals surface area contributed by atoms with E-state index in [0.717, 1.165) is 6.07 Å². The van der Waals surface area contributed by atoms with E-state index in [1.807, 2.05) is 0 Å². The largest absolute Gasteiger partial charge is 0.507 e. The highest BCUT2D eigenvalue weighted by molar-refractivity contribution is 6.04. The second-order valence-corrected chi connectivity index (χ2v) is 6.94. The summed E-state index contributed by atoms with van der Waals surface area (Å²) in [7, 11) is 2.67. The van der Waals surface area contributed by atoms with Gasteiger partial charge in [-0.3, -0.25) is 4.79 Å². The Labute approximate surface area is 144 Å². The van der Waals surface area contributed by atoms with Gasteiger partial charge in [0.15, 0.2) is 17.3 Å². The molecule has 2 aliphatic rings. The number of Topliss-reactive ketones (excluding diaryl/α,β-unsaturated/α-hetero) is 1. The lowest BCUT2D eigenvalue weighted by molar-refractivity contribution is -0.187. The zero-order valence-corrected chi connectivity index (χ0v) is 14.1. The van der Waals surface area contributed by atoms with E-state index < -0.39 is 47.3 Å². The minimum atomic E-state index is -1.63. The number of phenols is 2. The zero-order chi connectivity index (χ0) is 18.7. The number of hydrogen-bond acceptors (Lipinski definition) is 8. The summed E-state index contributed by atoms with van der Waals surface area (Å²) in [6.45, 7) is 1.37. The molecule has 0 unspecified atom stereocenters. The fourth-order valence-electron chi connectivity index (χ4n) is 4.21. The molecule has 3 rings (SSSR count). The van der Waals surface area contributed by atoms with E-state index in [0.29, 0.717) is 0 Å². The van der Waals surface area contributed by atoms with Gasteiger partial charge in [0.05, 0.1) is 36.4 Å². The molecule has 0 amide bonds. The van der Waals surface area contributed by atoms with Gasteiger partial charge in [0, 0.05) is 24.7 Å². The molecule has 0 aliphatic heterocycles. The lowest BCUT2D eigenvalue weighted by Crippen LogP contribution is -2.61. The van der Waals surface area contributed by atoms with Gasteiger partial charge in [0.1, 0.15) is 11.9 Å². The Morgan fingerprint density at radius 3 is 2.44 bits per heavy atom. The fourth-order valence-corrected chi connectivity index (χ4v) is 4.21. The van der Waals surface area contributed by atoms with Crippen molar-refractivity contribution in [1.29, 1.82) is 0 Å². The van der Waals surface area contributed by atoms with Crippen LogP contribution in [-0.4, -0.2) is 63.3 Å². The van der Waals surface area contributed by atoms with Crippen LogP contribution in [0.3, 0.4) is 0 Å². The summed E-state index contributed by atoms with van der Waals surface area (Å²) in [5.74, 6) is -3.16. The average molecular weight is 354 g/mol. The number of benzene rings is 1. The Morgan fingerprint density at radius 1 is 1.24 bits per heavy atom. The number of aromatic hydroxyl groups is 2. The summed E-state index contributed by atoms with van der Waals surface area (Å²) < 4.78 is 10.5. The van der Waals surface area contributed by atoms with Crippen LogP contribution in [0.2, 0.25) is 0 Å². The molecule has 1 aromatic rings. The average Bonchev–Trinajstić information content (AvgIpc) is 2.55. The summed E-state index contributed by atoms with van der Waals surface area (Å²) in [6.07, 6.45) is -3.97. The monoisotopic (exact) mass is 354 g/mol. The van der Waals surface area contributed by atoms with Gasteiger partial charge in [-0.15, -0.1) is 0 Å². The van der Waals surface area contributed by atoms with Crippen LogP contribution in [-0.2, 0) is 4.74 Å². The number of rotatable bonds is 2. The first-order valence-corrected chi connectivity index (χ1v) is 7.94. The number of ether oxygens (including phenoxy) is 2. The van der Waals surface area contributed by atoms with E-state index in [2.05, 4.69) is 0 Å². The lowest BCUT2D eigenvalue weighted by atomic mass is 9.60. The van der Waals surface area contributed by atoms with Crippen molar-refractivity contribution in [2.45, 2.75) is 37.3 Å². The van der Waals surface area contributed by atoms with Gasteiger partial charge < -0.3 is 35.0 Å². The van der Waals surface area contributed by atoms with Crippen LogP contribution in [0.15, 0.2) is 6.07 Å². The van der Waals surface area contributed by atoms with Crippen LogP contribution in [0.4, 0.5) is 0 Å². The molecular weight excluding hydrogens is 332 g/mol. The van der Waals surface area contributed by atoms with Crippen LogP contribution >= 0.6 is 0 Å². The molecule has 0 heterocycles. The number of aliphatic hydroxyl groups is 3. The molecule has 0 aromatic heterocycles. The highest BCUT2D eigenvalue weighted by atomic mass is 16.5. The molecule has 25 heavy (non-hydrogen) atoms. The third kappa shape index (κ3) is 2.40. The molecule has 8 nitrogen and oxygen atoms in total. The minimum absolute atomic E-state index is 0.0206. The number of fused-ring (bicyclic) bond motifs is 2. The van der Waals surface area contributed by atoms with Gasteiger partial charge in [0.2, 0.25) is 0 Å². The summed E-state index contributed by atoms with van der Waals surface area (Å²) >= 11 is 0. The maximum Gasteiger partial charge on any atom is 0.173 e. The van der Waals surface area contributed by atoms with Crippen LogP contribution in [0.25, 0.3) is 0 Å². The van der Waals surface area contributed by atoms with Crippen molar-refractivity contribution in [2.24, 2.45) is 11.8 Å². The van der Waals surface area contributed by atoms with Gasteiger partial charge in [-0.05, 0) is 13.3 Å². The number of ketones is 1. The maximum absolute atomic E-state index is 12.9. The Balaban J connectivity index is 2.24. The first-order valence-electron chi connectivity index (χ1n) is 7.94. The maximum atomic E-state index is 12.9. The fraction of sp³-hybridized carbons (Fsp3) is 0.588. The van der Waals surface area contributed by atoms with Crippen molar-refractivity contribution >= 4 is 5.78 Å². The van der Waals surface area contributed by atoms with Crippen molar-refractivity contribution in [3.8, 4) is 17.2 Å². The predicted molar refractivity (Wildman–Crippen MR) is 84.6 cm³/mol. The van der Waals surface area contributed by atoms with Crippen molar-refractivity contribution in [2.75, 3.05) is 14.2 Å². The minimum Gasteiger partial charge on any atom is -0.507 e. The number of carbonyl (C=O) groups excluding carboxylic acids is 1. The van der Waals surface area contributed by atoms with Gasteiger partial charge in [0.25, 0.3) is 0 Å². The smallest absolute Gasteiger partial charge is 0.173 e. The highest BCUT2D eigenvalue weighted by Gasteiger charge is 2.58. The number of hydrogen-bond donors (Lipinski definition) is 5. The lowest BCUT2D eigenvalue weighted by Gasteiger charge is -2.50. The second kappa shape index (κ2) is 5.84. The third-order valence-corrected chi connectivity index (χ3v) is 5.42. The summed E-state index contributed by atoms with van der Waals surface area (Å²) in [5.41, 5.74) is -1.74. The van der Waals surface area contributed by atoms with Gasteiger partial charge >= 0.3 is 0 Å². The summed E-state index contributed by atoms with van der Waals surface area (Å²) in [5, 5.41) is 51.7. The Morgan fingerprint density at radius 2 is 1.88 bits per heavy atom. The summed E-state index contributed by atoms with van der Waals surface area (Å²) in [6, 6.07) is 1.11. The van der Waals surface area contributed by atoms with Crippen molar-refractivity contribution in [1.82, 2.24) is 0 Å². The molecular formula is C17H22O8. The van der Waals surface area contributed by atoms with E-state index in [4.69, 9.17) is 9.47 Å². The molecule has 8 heteroatoms. The normalized spacial score (nSPS) is 37.4. The van der Waals surface area contributed by atoms with Crippen LogP contribution < -0.4 is 4.74 Å². The number of aliphatic hydroxyl groups excluding tert-OH is 2. The number of phenolic OH excluding ortho intramolecular Hbond substituents is 2. The number of methoxy groups -OCH3 is 2. The van der Waals surface area contributed by atoms with Crippen molar-refractivity contribution in [3.05, 3.63) is 17.2 Å². The van der Waals surface area contributed by atoms with Gasteiger partial charge in [-0.2, -0.15) is 0 Å². The molecule has 0 spiro atoms. The van der Waals surface area contributed by atoms with E-state index in [1.165, 1.54) is 21.1 Å². The molecule has 6 atom stereocenters. The van der Waals surface area contributed by atoms with Crippen molar-refractivity contribution in [3.63, 3.8) is 0 Å². The van der Waals surface area contributed by atoms with Crippen LogP contribution in [0.1, 0.15) is 35.4 Å². The van der Waals surface area contributed by atoms with E-state index in [1.54, 1.807) is 0 Å². The first kappa shape index (κ1) is 17.9. The molecule has 1 aromatic carbocycles. The van der Waals surface area contributed by atoms with E-state index >= 15 is 0 Å². The second-order valence-electron chi connectivity index (χ2n) is 6.94. The highest BCUT2D eigenvalue weighted by Crippen LogP contribution is 2.55. The first-order chi connectivity index (χ1) is 11.7. The van der Waals surface area contributed by atoms with Crippen molar-refractivity contribution < 1.29 is 39.8 Å². The Kier molecular flexibility index (Phi) is 4.19. The molecule has 2 aliphatic carbocycles. The summed E-state index contributed by atoms with van der Waals surface area (Å²) in [4.78, 5) is 12.9. The van der Waals surface area contributed by atoms with Gasteiger partial charge in [-0.25, -0.2) is 0 Å². The number of carbonyl (C=O) groups is 1. The van der Waals surface area contributed by atoms with Crippen LogP contribution in [0.5, 0.6) is 17.2 Å². The molecule has 0 bridgehead atoms. The van der Waals surface area contributed by atoms with E-state index in [9.17, 15) is 30.3 Å². The molecule has 1 fully saturated rings. The molecule has 5 N–H and O–H groups in total.